The van der Waals surface area contributed by atoms with Gasteiger partial charge in [-0.05, 0) is 23.6 Å². The molecule has 0 spiro atoms. The van der Waals surface area contributed by atoms with E-state index in [1.165, 1.54) is 6.07 Å². The van der Waals surface area contributed by atoms with Gasteiger partial charge in [0.2, 0.25) is 0 Å². The van der Waals surface area contributed by atoms with Crippen molar-refractivity contribution in [2.75, 3.05) is 19.6 Å². The molecule has 3 N–H and O–H groups in total. The van der Waals surface area contributed by atoms with E-state index in [4.69, 9.17) is 4.74 Å². The zero-order valence-corrected chi connectivity index (χ0v) is 16.1. The fourth-order valence-corrected chi connectivity index (χ4v) is 3.62. The summed E-state index contributed by atoms with van der Waals surface area (Å²) in [4.78, 5) is 16.5. The Balaban J connectivity index is 0.00000261. The number of pyridine rings is 1. The van der Waals surface area contributed by atoms with E-state index in [1.807, 2.05) is 30.3 Å². The highest BCUT2D eigenvalue weighted by atomic mass is 35.5. The Morgan fingerprint density at radius 2 is 2.11 bits per heavy atom. The Hall–Kier alpha value is -2.18. The van der Waals surface area contributed by atoms with Crippen molar-refractivity contribution in [3.63, 3.8) is 0 Å². The number of ether oxygens (including phenoxy) is 1. The lowest BCUT2D eigenvalue weighted by Gasteiger charge is -2.40. The van der Waals surface area contributed by atoms with Crippen molar-refractivity contribution in [2.45, 2.75) is 25.4 Å². The molecule has 0 aliphatic carbocycles. The van der Waals surface area contributed by atoms with Crippen LogP contribution >= 0.6 is 0 Å². The van der Waals surface area contributed by atoms with Crippen molar-refractivity contribution < 1.29 is 31.6 Å². The molecule has 1 aliphatic rings. The van der Waals surface area contributed by atoms with Crippen LogP contribution in [0.1, 0.15) is 24.6 Å². The molecule has 1 fully saturated rings. The van der Waals surface area contributed by atoms with Gasteiger partial charge in [-0.3, -0.25) is 4.98 Å². The molecule has 27 heavy (non-hydrogen) atoms. The second kappa shape index (κ2) is 9.67. The normalized spacial score (nSPS) is 21.8. The molecule has 1 aliphatic heterocycles. The summed E-state index contributed by atoms with van der Waals surface area (Å²) in [6.07, 6.45) is 2.05. The number of carbonyl (C=O) groups is 1. The van der Waals surface area contributed by atoms with Crippen LogP contribution in [0.15, 0.2) is 48.7 Å². The smallest absolute Gasteiger partial charge is 0.407 e. The molecule has 2 aromatic rings. The standard InChI is InChI=1S/C20H24FN3O2.ClH/c1-15-9-11-22-13-20(15,18-17(21)8-5-10-23-18)14-24-19(25)26-12-16-6-3-2-4-7-16;/h2-8,10,15,22H,9,11-14H2,1H3,(H,24,25);1H. The van der Waals surface area contributed by atoms with Gasteiger partial charge in [0.1, 0.15) is 12.4 Å². The third kappa shape index (κ3) is 4.96. The lowest BCUT2D eigenvalue weighted by Crippen LogP contribution is -3.00. The summed E-state index contributed by atoms with van der Waals surface area (Å²) in [6, 6.07) is 12.5. The number of hydrogen-bond donors (Lipinski definition) is 2. The average molecular weight is 394 g/mol. The number of aromatic nitrogens is 1. The van der Waals surface area contributed by atoms with Gasteiger partial charge in [-0.1, -0.05) is 37.3 Å². The summed E-state index contributed by atoms with van der Waals surface area (Å²) in [7, 11) is 0. The lowest BCUT2D eigenvalue weighted by atomic mass is 9.69. The van der Waals surface area contributed by atoms with Gasteiger partial charge in [0, 0.05) is 19.2 Å². The van der Waals surface area contributed by atoms with Gasteiger partial charge in [0.15, 0.2) is 0 Å². The van der Waals surface area contributed by atoms with Crippen LogP contribution in [-0.2, 0) is 16.8 Å². The van der Waals surface area contributed by atoms with Gasteiger partial charge >= 0.3 is 6.09 Å². The molecule has 1 aromatic heterocycles. The number of nitrogens with zero attached hydrogens (tertiary/aromatic N) is 1. The highest BCUT2D eigenvalue weighted by Crippen LogP contribution is 2.34. The van der Waals surface area contributed by atoms with Gasteiger partial charge in [-0.25, -0.2) is 9.18 Å². The SMILES string of the molecule is CC1CC[NH2+]CC1(CNC(=O)OCc1ccccc1)c1ncccc1F.[Cl-]. The van der Waals surface area contributed by atoms with Crippen molar-refractivity contribution in [2.24, 2.45) is 5.92 Å². The number of carbonyl (C=O) groups excluding carboxylic acids is 1. The van der Waals surface area contributed by atoms with Crippen LogP contribution in [0, 0.1) is 11.7 Å². The molecular formula is C20H25ClFN3O2. The third-order valence-corrected chi connectivity index (χ3v) is 5.25. The maximum atomic E-state index is 14.5. The van der Waals surface area contributed by atoms with Crippen molar-refractivity contribution in [1.82, 2.24) is 10.3 Å². The third-order valence-electron chi connectivity index (χ3n) is 5.25. The van der Waals surface area contributed by atoms with Crippen molar-refractivity contribution in [1.29, 1.82) is 0 Å². The Kier molecular flexibility index (Phi) is 7.56. The number of alkyl carbamates (subject to hydrolysis) is 1. The summed E-state index contributed by atoms with van der Waals surface area (Å²) in [5.41, 5.74) is 0.800. The molecule has 0 radical (unpaired) electrons. The van der Waals surface area contributed by atoms with Crippen LogP contribution in [-0.4, -0.2) is 30.7 Å². The predicted molar refractivity (Wildman–Crippen MR) is 95.9 cm³/mol. The Morgan fingerprint density at radius 1 is 1.33 bits per heavy atom. The zero-order chi connectivity index (χ0) is 18.4. The number of halogens is 2. The molecule has 2 heterocycles. The first kappa shape index (κ1) is 21.1. The molecule has 1 amide bonds. The molecule has 3 rings (SSSR count). The molecule has 2 atom stereocenters. The fourth-order valence-electron chi connectivity index (χ4n) is 3.62. The second-order valence-electron chi connectivity index (χ2n) is 6.88. The molecule has 7 heteroatoms. The summed E-state index contributed by atoms with van der Waals surface area (Å²) in [6.45, 7) is 4.28. The average Bonchev–Trinajstić information content (AvgIpc) is 2.67. The Labute approximate surface area is 165 Å². The highest BCUT2D eigenvalue weighted by molar-refractivity contribution is 5.67. The summed E-state index contributed by atoms with van der Waals surface area (Å²) in [5.74, 6) is -0.125. The predicted octanol–water partition coefficient (Wildman–Crippen LogP) is -1.01. The maximum absolute atomic E-state index is 14.5. The molecule has 0 bridgehead atoms. The molecule has 1 saturated heterocycles. The summed E-state index contributed by atoms with van der Waals surface area (Å²) in [5, 5.41) is 4.99. The number of benzene rings is 1. The number of rotatable bonds is 5. The van der Waals surface area contributed by atoms with Gasteiger partial charge in [0.05, 0.1) is 24.2 Å². The molecule has 1 aromatic carbocycles. The van der Waals surface area contributed by atoms with Crippen molar-refractivity contribution in [3.05, 3.63) is 65.7 Å². The monoisotopic (exact) mass is 393 g/mol. The fraction of sp³-hybridized carbons (Fsp3) is 0.400. The molecule has 146 valence electrons. The minimum atomic E-state index is -0.546. The van der Waals surface area contributed by atoms with Crippen LogP contribution in [0.3, 0.4) is 0 Å². The highest BCUT2D eigenvalue weighted by Gasteiger charge is 2.45. The minimum absolute atomic E-state index is 0. The lowest BCUT2D eigenvalue weighted by molar-refractivity contribution is -0.674. The van der Waals surface area contributed by atoms with E-state index in [-0.39, 0.29) is 30.7 Å². The molecule has 2 unspecified atom stereocenters. The number of piperidine rings is 1. The molecule has 5 nitrogen and oxygen atoms in total. The van der Waals surface area contributed by atoms with Gasteiger partial charge in [-0.2, -0.15) is 0 Å². The minimum Gasteiger partial charge on any atom is -1.00 e. The number of nitrogens with two attached hydrogens (primary N) is 1. The number of hydrogen-bond acceptors (Lipinski definition) is 3. The van der Waals surface area contributed by atoms with Crippen LogP contribution in [0.25, 0.3) is 0 Å². The first-order valence-electron chi connectivity index (χ1n) is 8.99. The molecule has 0 saturated carbocycles. The number of quaternary nitrogens is 1. The van der Waals surface area contributed by atoms with Gasteiger partial charge < -0.3 is 27.8 Å². The van der Waals surface area contributed by atoms with Crippen molar-refractivity contribution >= 4 is 6.09 Å². The van der Waals surface area contributed by atoms with E-state index >= 15 is 0 Å². The van der Waals surface area contributed by atoms with Gasteiger partial charge in [0.25, 0.3) is 0 Å². The van der Waals surface area contributed by atoms with E-state index in [1.54, 1.807) is 12.3 Å². The van der Waals surface area contributed by atoms with Gasteiger partial charge in [-0.15, -0.1) is 0 Å². The molecular weight excluding hydrogens is 369 g/mol. The summed E-state index contributed by atoms with van der Waals surface area (Å²) < 4.78 is 19.8. The topological polar surface area (TPSA) is 67.8 Å². The van der Waals surface area contributed by atoms with E-state index in [0.717, 1.165) is 18.5 Å². The van der Waals surface area contributed by atoms with Crippen LogP contribution in [0.2, 0.25) is 0 Å². The van der Waals surface area contributed by atoms with E-state index in [9.17, 15) is 9.18 Å². The number of nitrogens with one attached hydrogen (secondary N) is 1. The first-order valence-corrected chi connectivity index (χ1v) is 8.99. The largest absolute Gasteiger partial charge is 1.00 e. The maximum Gasteiger partial charge on any atom is 0.407 e. The Bertz CT molecular complexity index is 747. The van der Waals surface area contributed by atoms with Crippen LogP contribution in [0.5, 0.6) is 0 Å². The van der Waals surface area contributed by atoms with Crippen LogP contribution < -0.4 is 23.0 Å². The van der Waals surface area contributed by atoms with Crippen LogP contribution in [0.4, 0.5) is 9.18 Å². The van der Waals surface area contributed by atoms with E-state index in [2.05, 4.69) is 22.5 Å². The van der Waals surface area contributed by atoms with E-state index < -0.39 is 11.5 Å². The summed E-state index contributed by atoms with van der Waals surface area (Å²) >= 11 is 0. The van der Waals surface area contributed by atoms with Crippen molar-refractivity contribution in [3.8, 4) is 0 Å². The zero-order valence-electron chi connectivity index (χ0n) is 15.3. The quantitative estimate of drug-likeness (QED) is 0.684. The first-order chi connectivity index (χ1) is 12.6. The Morgan fingerprint density at radius 3 is 2.81 bits per heavy atom. The van der Waals surface area contributed by atoms with E-state index in [0.29, 0.717) is 18.8 Å². The number of amides is 1. The second-order valence-corrected chi connectivity index (χ2v) is 6.88.